The Morgan fingerprint density at radius 1 is 1.53 bits per heavy atom. The third-order valence-electron chi connectivity index (χ3n) is 3.14. The molecule has 1 fully saturated rings. The molecule has 0 saturated carbocycles. The van der Waals surface area contributed by atoms with Gasteiger partial charge in [0, 0.05) is 12.1 Å². The van der Waals surface area contributed by atoms with E-state index in [1.807, 2.05) is 17.5 Å². The molecule has 1 saturated heterocycles. The molecule has 0 amide bonds. The average molecular weight is 249 g/mol. The van der Waals surface area contributed by atoms with E-state index in [1.54, 1.807) is 22.1 Å². The normalized spacial score (nSPS) is 19.9. The molecule has 0 bridgehead atoms. The van der Waals surface area contributed by atoms with Gasteiger partial charge in [0.15, 0.2) is 0 Å². The van der Waals surface area contributed by atoms with E-state index in [4.69, 9.17) is 0 Å². The Morgan fingerprint density at radius 2 is 2.47 bits per heavy atom. The van der Waals surface area contributed by atoms with Crippen molar-refractivity contribution in [1.82, 2.24) is 15.1 Å². The molecule has 1 unspecified atom stereocenters. The molecule has 4 nitrogen and oxygen atoms in total. The Hall–Kier alpha value is -1.33. The fourth-order valence-corrected chi connectivity index (χ4v) is 2.95. The highest BCUT2D eigenvalue weighted by Crippen LogP contribution is 2.21. The SMILES string of the molecule is O=c1cc(-c2cccs2)[nH]n1CC1CCCN1. The summed E-state index contributed by atoms with van der Waals surface area (Å²) >= 11 is 1.64. The van der Waals surface area contributed by atoms with Crippen LogP contribution in [0.15, 0.2) is 28.4 Å². The average Bonchev–Trinajstić information content (AvgIpc) is 3.02. The zero-order valence-corrected chi connectivity index (χ0v) is 10.3. The summed E-state index contributed by atoms with van der Waals surface area (Å²) < 4.78 is 1.71. The van der Waals surface area contributed by atoms with Crippen molar-refractivity contribution in [3.63, 3.8) is 0 Å². The number of hydrogen-bond donors (Lipinski definition) is 2. The molecule has 17 heavy (non-hydrogen) atoms. The van der Waals surface area contributed by atoms with Gasteiger partial charge >= 0.3 is 0 Å². The van der Waals surface area contributed by atoms with Crippen molar-refractivity contribution < 1.29 is 0 Å². The maximum absolute atomic E-state index is 11.8. The van der Waals surface area contributed by atoms with E-state index < -0.39 is 0 Å². The molecule has 2 aromatic heterocycles. The number of hydrogen-bond acceptors (Lipinski definition) is 3. The van der Waals surface area contributed by atoms with Gasteiger partial charge in [0.2, 0.25) is 0 Å². The standard InChI is InChI=1S/C12H15N3OS/c16-12-7-10(11-4-2-6-17-11)14-15(12)8-9-3-1-5-13-9/h2,4,6-7,9,13-14H,1,3,5,8H2. The van der Waals surface area contributed by atoms with Gasteiger partial charge in [0.1, 0.15) is 0 Å². The molecule has 3 heterocycles. The highest BCUT2D eigenvalue weighted by atomic mass is 32.1. The van der Waals surface area contributed by atoms with Gasteiger partial charge in [-0.3, -0.25) is 14.6 Å². The summed E-state index contributed by atoms with van der Waals surface area (Å²) in [6, 6.07) is 6.13. The summed E-state index contributed by atoms with van der Waals surface area (Å²) in [5, 5.41) is 8.60. The predicted molar refractivity (Wildman–Crippen MR) is 69.4 cm³/mol. The van der Waals surface area contributed by atoms with Gasteiger partial charge in [-0.15, -0.1) is 11.3 Å². The zero-order chi connectivity index (χ0) is 11.7. The monoisotopic (exact) mass is 249 g/mol. The molecule has 3 rings (SSSR count). The lowest BCUT2D eigenvalue weighted by molar-refractivity contribution is 0.468. The number of thiophene rings is 1. The number of rotatable bonds is 3. The van der Waals surface area contributed by atoms with Gasteiger partial charge < -0.3 is 5.32 Å². The summed E-state index contributed by atoms with van der Waals surface area (Å²) in [4.78, 5) is 12.9. The van der Waals surface area contributed by atoms with E-state index in [0.29, 0.717) is 6.04 Å². The number of nitrogens with zero attached hydrogens (tertiary/aromatic N) is 1. The zero-order valence-electron chi connectivity index (χ0n) is 9.48. The fraction of sp³-hybridized carbons (Fsp3) is 0.417. The second kappa shape index (κ2) is 4.50. The maximum Gasteiger partial charge on any atom is 0.267 e. The van der Waals surface area contributed by atoms with Crippen molar-refractivity contribution >= 4 is 11.3 Å². The number of H-pyrrole nitrogens is 1. The quantitative estimate of drug-likeness (QED) is 0.869. The van der Waals surface area contributed by atoms with Crippen LogP contribution >= 0.6 is 11.3 Å². The van der Waals surface area contributed by atoms with Crippen LogP contribution < -0.4 is 10.9 Å². The summed E-state index contributed by atoms with van der Waals surface area (Å²) in [5.74, 6) is 0. The van der Waals surface area contributed by atoms with E-state index in [1.165, 1.54) is 6.42 Å². The predicted octanol–water partition coefficient (Wildman–Crippen LogP) is 1.66. The Labute approximate surface area is 103 Å². The first-order chi connectivity index (χ1) is 8.33. The number of aromatic amines is 1. The van der Waals surface area contributed by atoms with Crippen molar-refractivity contribution in [1.29, 1.82) is 0 Å². The lowest BCUT2D eigenvalue weighted by Crippen LogP contribution is -2.31. The van der Waals surface area contributed by atoms with Crippen LogP contribution in [-0.2, 0) is 6.54 Å². The Balaban J connectivity index is 1.83. The van der Waals surface area contributed by atoms with Crippen LogP contribution in [0.25, 0.3) is 10.6 Å². The molecular weight excluding hydrogens is 234 g/mol. The van der Waals surface area contributed by atoms with Gasteiger partial charge in [0.05, 0.1) is 17.1 Å². The molecular formula is C12H15N3OS. The third-order valence-corrected chi connectivity index (χ3v) is 4.04. The van der Waals surface area contributed by atoms with Crippen LogP contribution in [0, 0.1) is 0 Å². The Morgan fingerprint density at radius 3 is 3.18 bits per heavy atom. The van der Waals surface area contributed by atoms with Crippen molar-refractivity contribution in [2.75, 3.05) is 6.54 Å². The van der Waals surface area contributed by atoms with E-state index in [2.05, 4.69) is 10.4 Å². The highest BCUT2D eigenvalue weighted by molar-refractivity contribution is 7.13. The number of aromatic nitrogens is 2. The molecule has 1 aliphatic heterocycles. The van der Waals surface area contributed by atoms with Crippen LogP contribution in [0.1, 0.15) is 12.8 Å². The summed E-state index contributed by atoms with van der Waals surface area (Å²) in [7, 11) is 0. The summed E-state index contributed by atoms with van der Waals surface area (Å²) in [5.41, 5.74) is 0.977. The molecule has 1 aliphatic rings. The smallest absolute Gasteiger partial charge is 0.267 e. The minimum Gasteiger partial charge on any atom is -0.312 e. The molecule has 90 valence electrons. The Bertz CT molecular complexity index is 534. The molecule has 5 heteroatoms. The van der Waals surface area contributed by atoms with Crippen LogP contribution in [0.5, 0.6) is 0 Å². The van der Waals surface area contributed by atoms with E-state index in [-0.39, 0.29) is 5.56 Å². The van der Waals surface area contributed by atoms with Gasteiger partial charge in [0.25, 0.3) is 5.56 Å². The first-order valence-corrected chi connectivity index (χ1v) is 6.78. The second-order valence-corrected chi connectivity index (χ2v) is 5.34. The van der Waals surface area contributed by atoms with E-state index in [0.717, 1.165) is 30.1 Å². The van der Waals surface area contributed by atoms with Crippen LogP contribution in [0.3, 0.4) is 0 Å². The summed E-state index contributed by atoms with van der Waals surface area (Å²) in [6.07, 6.45) is 2.36. The van der Waals surface area contributed by atoms with Crippen molar-refractivity contribution in [2.45, 2.75) is 25.4 Å². The fourth-order valence-electron chi connectivity index (χ4n) is 2.26. The molecule has 2 N–H and O–H groups in total. The topological polar surface area (TPSA) is 49.8 Å². The lowest BCUT2D eigenvalue weighted by Gasteiger charge is -2.09. The van der Waals surface area contributed by atoms with Crippen molar-refractivity contribution in [3.05, 3.63) is 33.9 Å². The second-order valence-electron chi connectivity index (χ2n) is 4.39. The largest absolute Gasteiger partial charge is 0.312 e. The van der Waals surface area contributed by atoms with Crippen LogP contribution in [-0.4, -0.2) is 22.4 Å². The maximum atomic E-state index is 11.8. The highest BCUT2D eigenvalue weighted by Gasteiger charge is 2.16. The van der Waals surface area contributed by atoms with Gasteiger partial charge in [-0.05, 0) is 30.8 Å². The lowest BCUT2D eigenvalue weighted by atomic mass is 10.2. The molecule has 2 aromatic rings. The molecule has 0 radical (unpaired) electrons. The van der Waals surface area contributed by atoms with E-state index >= 15 is 0 Å². The molecule has 0 aliphatic carbocycles. The van der Waals surface area contributed by atoms with Crippen LogP contribution in [0.2, 0.25) is 0 Å². The van der Waals surface area contributed by atoms with Crippen molar-refractivity contribution in [3.8, 4) is 10.6 Å². The minimum absolute atomic E-state index is 0.0575. The summed E-state index contributed by atoms with van der Waals surface area (Å²) in [6.45, 7) is 1.81. The molecule has 0 aromatic carbocycles. The van der Waals surface area contributed by atoms with E-state index in [9.17, 15) is 4.79 Å². The van der Waals surface area contributed by atoms with Gasteiger partial charge in [-0.1, -0.05) is 6.07 Å². The van der Waals surface area contributed by atoms with Crippen LogP contribution in [0.4, 0.5) is 0 Å². The van der Waals surface area contributed by atoms with Gasteiger partial charge in [-0.2, -0.15) is 0 Å². The molecule has 0 spiro atoms. The van der Waals surface area contributed by atoms with Crippen molar-refractivity contribution in [2.24, 2.45) is 0 Å². The van der Waals surface area contributed by atoms with Gasteiger partial charge in [-0.25, -0.2) is 0 Å². The number of nitrogens with one attached hydrogen (secondary N) is 2. The first kappa shape index (κ1) is 10.8. The minimum atomic E-state index is 0.0575. The molecule has 1 atom stereocenters. The third kappa shape index (κ3) is 2.21. The Kier molecular flexibility index (Phi) is 2.86. The first-order valence-electron chi connectivity index (χ1n) is 5.90.